The van der Waals surface area contributed by atoms with Crippen molar-refractivity contribution < 1.29 is 27.4 Å². The van der Waals surface area contributed by atoms with Crippen LogP contribution in [0.3, 0.4) is 0 Å². The summed E-state index contributed by atoms with van der Waals surface area (Å²) >= 11 is 0. The Hall–Kier alpha value is -6.61. The topological polar surface area (TPSA) is 37.4 Å². The molecular formula is C58H64F3N3O3. The first-order chi connectivity index (χ1) is 32.1. The molecule has 0 fully saturated rings. The monoisotopic (exact) mass is 907 g/mol. The molecule has 6 nitrogen and oxygen atoms in total. The first kappa shape index (κ1) is 48.3. The molecule has 9 heteroatoms. The van der Waals surface area contributed by atoms with Crippen LogP contribution in [0.4, 0.5) is 30.2 Å². The summed E-state index contributed by atoms with van der Waals surface area (Å²) in [5.41, 5.74) is 10.4. The van der Waals surface area contributed by atoms with Gasteiger partial charge in [-0.05, 0) is 171 Å². The number of anilines is 3. The van der Waals surface area contributed by atoms with Crippen LogP contribution in [0.15, 0.2) is 146 Å². The highest BCUT2D eigenvalue weighted by molar-refractivity contribution is 5.86. The SMILES string of the molecule is COc1ccc(N(Cc2ccc(C(F)(F)F)cc2)C(C)Cc2cc(N(Cc3ccc(C)cc3C)C(C)Cc3cc(N(Cc4cccc5ccccc45)C(C)C)ccc3OC)ccc2OC)cc1. The molecule has 350 valence electrons. The molecule has 0 amide bonds. The van der Waals surface area contributed by atoms with Gasteiger partial charge in [-0.2, -0.15) is 13.2 Å². The Morgan fingerprint density at radius 2 is 1.04 bits per heavy atom. The zero-order chi connectivity index (χ0) is 47.8. The third-order valence-corrected chi connectivity index (χ3v) is 13.0. The number of fused-ring (bicyclic) bond motifs is 1. The van der Waals surface area contributed by atoms with E-state index in [0.29, 0.717) is 19.5 Å². The quantitative estimate of drug-likeness (QED) is 0.0805. The maximum atomic E-state index is 13.5. The van der Waals surface area contributed by atoms with Crippen LogP contribution in [-0.4, -0.2) is 39.5 Å². The van der Waals surface area contributed by atoms with Gasteiger partial charge in [0.25, 0.3) is 0 Å². The van der Waals surface area contributed by atoms with Gasteiger partial charge in [0.05, 0.1) is 26.9 Å². The molecule has 2 unspecified atom stereocenters. The van der Waals surface area contributed by atoms with Crippen molar-refractivity contribution >= 4 is 27.8 Å². The summed E-state index contributed by atoms with van der Waals surface area (Å²) in [5.74, 6) is 2.35. The second-order valence-corrected chi connectivity index (χ2v) is 18.0. The van der Waals surface area contributed by atoms with Crippen LogP contribution in [0.2, 0.25) is 0 Å². The smallest absolute Gasteiger partial charge is 0.416 e. The minimum Gasteiger partial charge on any atom is -0.497 e. The van der Waals surface area contributed by atoms with Crippen LogP contribution >= 0.6 is 0 Å². The van der Waals surface area contributed by atoms with E-state index >= 15 is 0 Å². The Labute approximate surface area is 395 Å². The van der Waals surface area contributed by atoms with Crippen LogP contribution in [0.5, 0.6) is 17.2 Å². The van der Waals surface area contributed by atoms with Crippen molar-refractivity contribution in [3.05, 3.63) is 190 Å². The van der Waals surface area contributed by atoms with Gasteiger partial charge in [-0.1, -0.05) is 78.4 Å². The molecule has 0 bridgehead atoms. The van der Waals surface area contributed by atoms with E-state index in [2.05, 4.69) is 153 Å². The molecule has 0 heterocycles. The lowest BCUT2D eigenvalue weighted by Crippen LogP contribution is -2.36. The molecule has 0 spiro atoms. The van der Waals surface area contributed by atoms with E-state index in [1.165, 1.54) is 33.0 Å². The van der Waals surface area contributed by atoms with E-state index in [9.17, 15) is 13.2 Å². The lowest BCUT2D eigenvalue weighted by atomic mass is 9.98. The highest BCUT2D eigenvalue weighted by Crippen LogP contribution is 2.36. The first-order valence-corrected chi connectivity index (χ1v) is 23.1. The number of ether oxygens (including phenoxy) is 3. The number of hydrogen-bond acceptors (Lipinski definition) is 6. The van der Waals surface area contributed by atoms with Crippen molar-refractivity contribution in [2.24, 2.45) is 0 Å². The molecular weight excluding hydrogens is 844 g/mol. The molecule has 0 aliphatic heterocycles. The summed E-state index contributed by atoms with van der Waals surface area (Å²) in [5, 5.41) is 2.50. The molecule has 0 saturated carbocycles. The zero-order valence-electron chi connectivity index (χ0n) is 40.3. The van der Waals surface area contributed by atoms with E-state index < -0.39 is 11.7 Å². The normalized spacial score (nSPS) is 12.5. The second kappa shape index (κ2) is 21.3. The molecule has 7 aromatic rings. The maximum Gasteiger partial charge on any atom is 0.416 e. The Bertz CT molecular complexity index is 2730. The molecule has 7 aromatic carbocycles. The molecule has 7 rings (SSSR count). The highest BCUT2D eigenvalue weighted by Gasteiger charge is 2.30. The number of nitrogens with zero attached hydrogens (tertiary/aromatic N) is 3. The van der Waals surface area contributed by atoms with Crippen LogP contribution in [0, 0.1) is 13.8 Å². The number of alkyl halides is 3. The molecule has 67 heavy (non-hydrogen) atoms. The average molecular weight is 908 g/mol. The Morgan fingerprint density at radius 1 is 0.493 bits per heavy atom. The number of hydrogen-bond donors (Lipinski definition) is 0. The lowest BCUT2D eigenvalue weighted by Gasteiger charge is -2.35. The van der Waals surface area contributed by atoms with Crippen molar-refractivity contribution in [1.82, 2.24) is 0 Å². The van der Waals surface area contributed by atoms with Gasteiger partial charge in [0.15, 0.2) is 0 Å². The van der Waals surface area contributed by atoms with E-state index in [0.717, 1.165) is 76.1 Å². The lowest BCUT2D eigenvalue weighted by molar-refractivity contribution is -0.137. The molecule has 0 aromatic heterocycles. The van der Waals surface area contributed by atoms with Gasteiger partial charge >= 0.3 is 6.18 Å². The minimum absolute atomic E-state index is 0.0320. The fraction of sp³-hybridized carbons (Fsp3) is 0.310. The molecule has 0 saturated heterocycles. The van der Waals surface area contributed by atoms with E-state index in [4.69, 9.17) is 14.2 Å². The summed E-state index contributed by atoms with van der Waals surface area (Å²) in [6.07, 6.45) is -3.08. The molecule has 0 aliphatic carbocycles. The summed E-state index contributed by atoms with van der Waals surface area (Å²) in [4.78, 5) is 7.17. The maximum absolute atomic E-state index is 13.5. The largest absolute Gasteiger partial charge is 0.497 e. The molecule has 0 aliphatic rings. The summed E-state index contributed by atoms with van der Waals surface area (Å²) in [6.45, 7) is 15.1. The van der Waals surface area contributed by atoms with Crippen LogP contribution in [0.1, 0.15) is 72.2 Å². The third kappa shape index (κ3) is 11.7. The first-order valence-electron chi connectivity index (χ1n) is 23.1. The summed E-state index contributed by atoms with van der Waals surface area (Å²) < 4.78 is 58.2. The van der Waals surface area contributed by atoms with Gasteiger partial charge in [-0.15, -0.1) is 0 Å². The average Bonchev–Trinajstić information content (AvgIpc) is 3.32. The van der Waals surface area contributed by atoms with Gasteiger partial charge in [0.2, 0.25) is 0 Å². The number of aryl methyl sites for hydroxylation is 2. The summed E-state index contributed by atoms with van der Waals surface area (Å²) in [7, 11) is 5.07. The number of benzene rings is 7. The minimum atomic E-state index is -4.41. The number of methoxy groups -OCH3 is 3. The van der Waals surface area contributed by atoms with Crippen molar-refractivity contribution in [2.75, 3.05) is 36.0 Å². The van der Waals surface area contributed by atoms with Crippen molar-refractivity contribution in [3.63, 3.8) is 0 Å². The van der Waals surface area contributed by atoms with Gasteiger partial charge in [0.1, 0.15) is 17.2 Å². The van der Waals surface area contributed by atoms with Gasteiger partial charge in [0, 0.05) is 54.8 Å². The van der Waals surface area contributed by atoms with Crippen LogP contribution in [-0.2, 0) is 38.7 Å². The number of rotatable bonds is 19. The Morgan fingerprint density at radius 3 is 1.61 bits per heavy atom. The van der Waals surface area contributed by atoms with Gasteiger partial charge in [-0.25, -0.2) is 0 Å². The molecule has 0 N–H and O–H groups in total. The van der Waals surface area contributed by atoms with Crippen molar-refractivity contribution in [3.8, 4) is 17.2 Å². The number of halogens is 3. The fourth-order valence-electron chi connectivity index (χ4n) is 9.23. The van der Waals surface area contributed by atoms with Crippen molar-refractivity contribution in [2.45, 2.75) is 98.3 Å². The fourth-order valence-corrected chi connectivity index (χ4v) is 9.23. The van der Waals surface area contributed by atoms with Crippen molar-refractivity contribution in [1.29, 1.82) is 0 Å². The van der Waals surface area contributed by atoms with E-state index in [1.54, 1.807) is 33.5 Å². The van der Waals surface area contributed by atoms with Crippen LogP contribution < -0.4 is 28.9 Å². The highest BCUT2D eigenvalue weighted by atomic mass is 19.4. The van der Waals surface area contributed by atoms with E-state index in [1.807, 2.05) is 24.3 Å². The zero-order valence-corrected chi connectivity index (χ0v) is 40.3. The standard InChI is InChI=1S/C58H64F3N3O3/c1-39(2)62(38-47-15-12-14-45-13-10-11-16-55(45)47)52-25-29-56(66-8)48(34-52)33-43(6)64(37-46-20-17-40(3)31-41(46)4)53-26-30-57(67-9)49(35-53)32-42(5)63(51-23-27-54(65-7)28-24-51)36-44-18-21-50(22-19-44)58(59,60)61/h10-31,34-35,39,42-43H,32-33,36-38H2,1-9H3. The predicted octanol–water partition coefficient (Wildman–Crippen LogP) is 14.2. The van der Waals surface area contributed by atoms with Gasteiger partial charge < -0.3 is 28.9 Å². The third-order valence-electron chi connectivity index (χ3n) is 13.0. The van der Waals surface area contributed by atoms with Crippen LogP contribution in [0.25, 0.3) is 10.8 Å². The Balaban J connectivity index is 1.22. The molecule has 0 radical (unpaired) electrons. The van der Waals surface area contributed by atoms with Gasteiger partial charge in [-0.3, -0.25) is 0 Å². The summed E-state index contributed by atoms with van der Waals surface area (Å²) in [6, 6.07) is 48.3. The van der Waals surface area contributed by atoms with E-state index in [-0.39, 0.29) is 18.1 Å². The molecule has 2 atom stereocenters. The predicted molar refractivity (Wildman–Crippen MR) is 270 cm³/mol. The second-order valence-electron chi connectivity index (χ2n) is 18.0. The Kier molecular flexibility index (Phi) is 15.4.